The Morgan fingerprint density at radius 3 is 2.24 bits per heavy atom. The molecule has 0 saturated heterocycles. The molecule has 7 heteroatoms. The smallest absolute Gasteiger partial charge is 0.246 e. The summed E-state index contributed by atoms with van der Waals surface area (Å²) >= 11 is 0. The third-order valence-electron chi connectivity index (χ3n) is 3.73. The number of nitrogens with zero attached hydrogens (tertiary/aromatic N) is 2. The standard InChI is InChI=1S/C18H27N3O4/c1-13(2)11-17(23)21(15-9-7-6-8-10-15)12-16(22)19-18(24)14(3)20(4)25-5/h6-10,13-14H,11-12H2,1-5H3,(H,19,22,24)/t14-/m0/s1. The highest BCUT2D eigenvalue weighted by Crippen LogP contribution is 2.16. The van der Waals surface area contributed by atoms with E-state index in [0.717, 1.165) is 0 Å². The maximum absolute atomic E-state index is 12.5. The monoisotopic (exact) mass is 349 g/mol. The van der Waals surface area contributed by atoms with Crippen LogP contribution in [0.5, 0.6) is 0 Å². The number of anilines is 1. The van der Waals surface area contributed by atoms with Gasteiger partial charge in [-0.1, -0.05) is 32.0 Å². The first-order valence-corrected chi connectivity index (χ1v) is 8.22. The molecular weight excluding hydrogens is 322 g/mol. The number of benzene rings is 1. The summed E-state index contributed by atoms with van der Waals surface area (Å²) in [6.07, 6.45) is 0.318. The van der Waals surface area contributed by atoms with Gasteiger partial charge in [0.2, 0.25) is 17.7 Å². The number of imide groups is 1. The van der Waals surface area contributed by atoms with Crippen LogP contribution in [-0.4, -0.2) is 49.5 Å². The minimum absolute atomic E-state index is 0.161. The number of hydrogen-bond donors (Lipinski definition) is 1. The Labute approximate surface area is 148 Å². The number of hydrogen-bond acceptors (Lipinski definition) is 5. The molecule has 25 heavy (non-hydrogen) atoms. The van der Waals surface area contributed by atoms with Gasteiger partial charge in [0.05, 0.1) is 7.11 Å². The van der Waals surface area contributed by atoms with Crippen LogP contribution in [0.4, 0.5) is 5.69 Å². The zero-order chi connectivity index (χ0) is 19.0. The van der Waals surface area contributed by atoms with Crippen LogP contribution in [0.1, 0.15) is 27.2 Å². The third kappa shape index (κ3) is 6.64. The molecule has 3 amide bonds. The Kier molecular flexibility index (Phi) is 8.24. The van der Waals surface area contributed by atoms with Gasteiger partial charge in [-0.3, -0.25) is 19.7 Å². The topological polar surface area (TPSA) is 79.0 Å². The van der Waals surface area contributed by atoms with E-state index in [2.05, 4.69) is 5.32 Å². The molecule has 0 aromatic heterocycles. The van der Waals surface area contributed by atoms with Crippen LogP contribution in [0.25, 0.3) is 0 Å². The van der Waals surface area contributed by atoms with Crippen molar-refractivity contribution in [1.29, 1.82) is 0 Å². The van der Waals surface area contributed by atoms with E-state index in [-0.39, 0.29) is 18.4 Å². The molecule has 1 aromatic carbocycles. The molecule has 0 heterocycles. The minimum Gasteiger partial charge on any atom is -0.303 e. The summed E-state index contributed by atoms with van der Waals surface area (Å²) < 4.78 is 0. The summed E-state index contributed by atoms with van der Waals surface area (Å²) in [6, 6.07) is 8.31. The molecule has 138 valence electrons. The normalized spacial score (nSPS) is 12.1. The number of likely N-dealkylation sites (N-methyl/N-ethyl adjacent to an activating group) is 1. The number of para-hydroxylation sites is 1. The van der Waals surface area contributed by atoms with Crippen molar-refractivity contribution >= 4 is 23.4 Å². The zero-order valence-corrected chi connectivity index (χ0v) is 15.5. The molecule has 0 bridgehead atoms. The van der Waals surface area contributed by atoms with Crippen LogP contribution in [0, 0.1) is 5.92 Å². The van der Waals surface area contributed by atoms with Crippen LogP contribution in [0.15, 0.2) is 30.3 Å². The molecule has 0 radical (unpaired) electrons. The minimum atomic E-state index is -0.634. The van der Waals surface area contributed by atoms with Gasteiger partial charge in [0.25, 0.3) is 0 Å². The van der Waals surface area contributed by atoms with Gasteiger partial charge in [0.15, 0.2) is 0 Å². The van der Waals surface area contributed by atoms with Crippen molar-refractivity contribution < 1.29 is 19.2 Å². The van der Waals surface area contributed by atoms with E-state index in [9.17, 15) is 14.4 Å². The fraction of sp³-hybridized carbons (Fsp3) is 0.500. The second-order valence-electron chi connectivity index (χ2n) is 6.23. The third-order valence-corrected chi connectivity index (χ3v) is 3.73. The Bertz CT molecular complexity index is 589. The fourth-order valence-corrected chi connectivity index (χ4v) is 2.14. The van der Waals surface area contributed by atoms with E-state index in [0.29, 0.717) is 12.1 Å². The highest BCUT2D eigenvalue weighted by Gasteiger charge is 2.24. The van der Waals surface area contributed by atoms with Crippen LogP contribution < -0.4 is 10.2 Å². The number of hydroxylamine groups is 2. The van der Waals surface area contributed by atoms with Gasteiger partial charge < -0.3 is 9.74 Å². The summed E-state index contributed by atoms with van der Waals surface area (Å²) in [5.74, 6) is -1.02. The first-order chi connectivity index (χ1) is 11.8. The van der Waals surface area contributed by atoms with Gasteiger partial charge in [-0.05, 0) is 25.0 Å². The number of rotatable bonds is 8. The van der Waals surface area contributed by atoms with Gasteiger partial charge in [0, 0.05) is 19.2 Å². The van der Waals surface area contributed by atoms with Gasteiger partial charge in [0.1, 0.15) is 12.6 Å². The Morgan fingerprint density at radius 1 is 1.12 bits per heavy atom. The van der Waals surface area contributed by atoms with Gasteiger partial charge in [-0.25, -0.2) is 0 Å². The summed E-state index contributed by atoms with van der Waals surface area (Å²) in [5, 5.41) is 3.64. The van der Waals surface area contributed by atoms with E-state index in [4.69, 9.17) is 4.84 Å². The summed E-state index contributed by atoms with van der Waals surface area (Å²) in [4.78, 5) is 43.2. The summed E-state index contributed by atoms with van der Waals surface area (Å²) in [7, 11) is 3.03. The maximum Gasteiger partial charge on any atom is 0.246 e. The van der Waals surface area contributed by atoms with Crippen molar-refractivity contribution in [2.75, 3.05) is 25.6 Å². The quantitative estimate of drug-likeness (QED) is 0.721. The molecule has 1 atom stereocenters. The van der Waals surface area contributed by atoms with Crippen LogP contribution >= 0.6 is 0 Å². The Morgan fingerprint density at radius 2 is 1.72 bits per heavy atom. The fourth-order valence-electron chi connectivity index (χ4n) is 2.14. The zero-order valence-electron chi connectivity index (χ0n) is 15.5. The molecular formula is C18H27N3O4. The van der Waals surface area contributed by atoms with E-state index < -0.39 is 17.9 Å². The lowest BCUT2D eigenvalue weighted by Crippen LogP contribution is -2.49. The van der Waals surface area contributed by atoms with E-state index in [1.54, 1.807) is 38.2 Å². The molecule has 0 saturated carbocycles. The van der Waals surface area contributed by atoms with Crippen molar-refractivity contribution in [1.82, 2.24) is 10.4 Å². The molecule has 0 spiro atoms. The van der Waals surface area contributed by atoms with E-state index in [1.165, 1.54) is 17.1 Å². The highest BCUT2D eigenvalue weighted by atomic mass is 16.7. The number of amides is 3. The van der Waals surface area contributed by atoms with Crippen molar-refractivity contribution in [3.8, 4) is 0 Å². The summed E-state index contributed by atoms with van der Waals surface area (Å²) in [6.45, 7) is 5.27. The average Bonchev–Trinajstić information content (AvgIpc) is 2.58. The molecule has 7 nitrogen and oxygen atoms in total. The molecule has 0 aliphatic carbocycles. The van der Waals surface area contributed by atoms with Gasteiger partial charge in [-0.15, -0.1) is 0 Å². The molecule has 1 N–H and O–H groups in total. The van der Waals surface area contributed by atoms with Crippen molar-refractivity contribution in [3.63, 3.8) is 0 Å². The first-order valence-electron chi connectivity index (χ1n) is 8.22. The highest BCUT2D eigenvalue weighted by molar-refractivity contribution is 6.04. The Balaban J connectivity index is 2.82. The van der Waals surface area contributed by atoms with Crippen molar-refractivity contribution in [2.24, 2.45) is 5.92 Å². The van der Waals surface area contributed by atoms with E-state index in [1.807, 2.05) is 19.9 Å². The predicted molar refractivity (Wildman–Crippen MR) is 95.6 cm³/mol. The predicted octanol–water partition coefficient (Wildman–Crippen LogP) is 1.59. The molecule has 1 rings (SSSR count). The first kappa shape index (κ1) is 20.8. The van der Waals surface area contributed by atoms with E-state index >= 15 is 0 Å². The second-order valence-corrected chi connectivity index (χ2v) is 6.23. The lowest BCUT2D eigenvalue weighted by atomic mass is 10.1. The molecule has 0 fully saturated rings. The van der Waals surface area contributed by atoms with Crippen molar-refractivity contribution in [2.45, 2.75) is 33.2 Å². The van der Waals surface area contributed by atoms with Crippen LogP contribution in [0.3, 0.4) is 0 Å². The number of carbonyl (C=O) groups excluding carboxylic acids is 3. The maximum atomic E-state index is 12.5. The lowest BCUT2D eigenvalue weighted by molar-refractivity contribution is -0.159. The molecule has 0 unspecified atom stereocenters. The SMILES string of the molecule is CON(C)[C@@H](C)C(=O)NC(=O)CN(C(=O)CC(C)C)c1ccccc1. The Hall–Kier alpha value is -2.25. The van der Waals surface area contributed by atoms with Gasteiger partial charge in [-0.2, -0.15) is 5.06 Å². The average molecular weight is 349 g/mol. The largest absolute Gasteiger partial charge is 0.303 e. The number of carbonyl (C=O) groups is 3. The van der Waals surface area contributed by atoms with Gasteiger partial charge >= 0.3 is 0 Å². The lowest BCUT2D eigenvalue weighted by Gasteiger charge is -2.24. The second kappa shape index (κ2) is 9.90. The molecule has 0 aliphatic heterocycles. The molecule has 1 aromatic rings. The molecule has 0 aliphatic rings. The summed E-state index contributed by atoms with van der Waals surface area (Å²) in [5.41, 5.74) is 0.623. The van der Waals surface area contributed by atoms with Crippen LogP contribution in [-0.2, 0) is 19.2 Å². The van der Waals surface area contributed by atoms with Crippen molar-refractivity contribution in [3.05, 3.63) is 30.3 Å². The number of nitrogens with one attached hydrogen (secondary N) is 1. The van der Waals surface area contributed by atoms with Crippen LogP contribution in [0.2, 0.25) is 0 Å².